The summed E-state index contributed by atoms with van der Waals surface area (Å²) in [6, 6.07) is 11.0. The molecule has 0 radical (unpaired) electrons. The van der Waals surface area contributed by atoms with Crippen LogP contribution in [0.4, 0.5) is 0 Å². The maximum absolute atomic E-state index is 2.59. The van der Waals surface area contributed by atoms with Crippen molar-refractivity contribution in [1.29, 1.82) is 0 Å². The van der Waals surface area contributed by atoms with Gasteiger partial charge in [-0.2, -0.15) is 0 Å². The molecule has 246 valence electrons. The van der Waals surface area contributed by atoms with Crippen LogP contribution >= 0.6 is 0 Å². The van der Waals surface area contributed by atoms with E-state index >= 15 is 0 Å². The van der Waals surface area contributed by atoms with E-state index in [-0.39, 0.29) is 0 Å². The Bertz CT molecular complexity index is 839. The third kappa shape index (κ3) is 20.2. The Kier molecular flexibility index (Phi) is 24.4. The van der Waals surface area contributed by atoms with Gasteiger partial charge in [0.05, 0.1) is 6.54 Å². The van der Waals surface area contributed by atoms with Crippen LogP contribution in [0.3, 0.4) is 0 Å². The van der Waals surface area contributed by atoms with E-state index in [4.69, 9.17) is 0 Å². The highest BCUT2D eigenvalue weighted by Crippen LogP contribution is 2.15. The van der Waals surface area contributed by atoms with Gasteiger partial charge in [0.2, 0.25) is 0 Å². The molecule has 0 unspecified atom stereocenters. The zero-order valence-corrected chi connectivity index (χ0v) is 29.1. The summed E-state index contributed by atoms with van der Waals surface area (Å²) >= 11 is 0. The molecule has 2 rings (SSSR count). The summed E-state index contributed by atoms with van der Waals surface area (Å²) in [7, 11) is 0. The quantitative estimate of drug-likeness (QED) is 0.0607. The Labute approximate surface area is 269 Å². The van der Waals surface area contributed by atoms with Gasteiger partial charge in [-0.25, -0.2) is 9.13 Å². The van der Waals surface area contributed by atoms with Crippen molar-refractivity contribution in [3.05, 3.63) is 54.1 Å². The number of rotatable bonds is 31. The van der Waals surface area contributed by atoms with E-state index < -0.39 is 0 Å². The molecule has 0 saturated heterocycles. The molecule has 2 heteroatoms. The number of imidazole rings is 1. The zero-order chi connectivity index (χ0) is 30.5. The standard InChI is InChI=1S/C41H73N2/c1-3-5-7-9-11-13-15-16-17-18-19-21-23-25-27-32-36-42-37-38-43(39-40-33-29-28-30-34-40)41(42)35-31-26-24-22-20-14-12-10-8-6-4-2/h28-30,33-34,37-38H,3-27,31-32,35-36,39H2,1-2H3/q+1. The van der Waals surface area contributed by atoms with Gasteiger partial charge < -0.3 is 0 Å². The summed E-state index contributed by atoms with van der Waals surface area (Å²) < 4.78 is 5.11. The van der Waals surface area contributed by atoms with E-state index in [9.17, 15) is 0 Å². The molecule has 2 nitrogen and oxygen atoms in total. The van der Waals surface area contributed by atoms with Crippen LogP contribution in [0.25, 0.3) is 0 Å². The monoisotopic (exact) mass is 594 g/mol. The number of aryl methyl sites for hydroxylation is 1. The summed E-state index contributed by atoms with van der Waals surface area (Å²) in [6.07, 6.45) is 44.5. The van der Waals surface area contributed by atoms with Crippen molar-refractivity contribution < 1.29 is 4.57 Å². The minimum absolute atomic E-state index is 1.00. The molecule has 0 spiro atoms. The second-order valence-corrected chi connectivity index (χ2v) is 13.6. The molecule has 0 atom stereocenters. The van der Waals surface area contributed by atoms with Gasteiger partial charge in [-0.1, -0.05) is 198 Å². The van der Waals surface area contributed by atoms with Crippen LogP contribution in [0.15, 0.2) is 42.7 Å². The number of hydrogen-bond acceptors (Lipinski definition) is 0. The summed E-state index contributed by atoms with van der Waals surface area (Å²) in [5.41, 5.74) is 1.41. The Morgan fingerprint density at radius 2 is 0.860 bits per heavy atom. The maximum Gasteiger partial charge on any atom is 0.256 e. The van der Waals surface area contributed by atoms with Gasteiger partial charge in [-0.05, 0) is 24.8 Å². The average Bonchev–Trinajstić information content (AvgIpc) is 3.40. The van der Waals surface area contributed by atoms with Crippen LogP contribution < -0.4 is 4.57 Å². The molecule has 0 aliphatic heterocycles. The second kappa shape index (κ2) is 27.9. The summed E-state index contributed by atoms with van der Waals surface area (Å²) in [4.78, 5) is 0. The molecule has 1 aromatic heterocycles. The van der Waals surface area contributed by atoms with Gasteiger partial charge in [0.15, 0.2) is 0 Å². The smallest absolute Gasteiger partial charge is 0.234 e. The van der Waals surface area contributed by atoms with E-state index in [0.717, 1.165) is 6.54 Å². The topological polar surface area (TPSA) is 8.81 Å². The van der Waals surface area contributed by atoms with Gasteiger partial charge in [0, 0.05) is 6.42 Å². The fraction of sp³-hybridized carbons (Fsp3) is 0.780. The lowest BCUT2D eigenvalue weighted by molar-refractivity contribution is -0.704. The summed E-state index contributed by atoms with van der Waals surface area (Å²) in [5.74, 6) is 1.54. The normalized spacial score (nSPS) is 11.5. The molecule has 0 aliphatic rings. The number of hydrogen-bond donors (Lipinski definition) is 0. The summed E-state index contributed by atoms with van der Waals surface area (Å²) in [5, 5.41) is 0. The van der Waals surface area contributed by atoms with Crippen LogP contribution in [-0.2, 0) is 19.5 Å². The van der Waals surface area contributed by atoms with Crippen LogP contribution in [0.2, 0.25) is 0 Å². The van der Waals surface area contributed by atoms with Crippen LogP contribution in [0.5, 0.6) is 0 Å². The molecular formula is C41H73N2+. The molecule has 43 heavy (non-hydrogen) atoms. The van der Waals surface area contributed by atoms with E-state index in [0.29, 0.717) is 0 Å². The number of aromatic nitrogens is 2. The predicted octanol–water partition coefficient (Wildman–Crippen LogP) is 12.9. The Morgan fingerprint density at radius 3 is 1.30 bits per heavy atom. The number of nitrogens with zero attached hydrogens (tertiary/aromatic N) is 2. The predicted molar refractivity (Wildman–Crippen MR) is 190 cm³/mol. The van der Waals surface area contributed by atoms with Gasteiger partial charge >= 0.3 is 0 Å². The molecule has 0 saturated carbocycles. The minimum Gasteiger partial charge on any atom is -0.234 e. The molecule has 0 fully saturated rings. The minimum atomic E-state index is 1.00. The van der Waals surface area contributed by atoms with Crippen molar-refractivity contribution >= 4 is 0 Å². The zero-order valence-electron chi connectivity index (χ0n) is 29.1. The third-order valence-corrected chi connectivity index (χ3v) is 9.54. The van der Waals surface area contributed by atoms with E-state index in [1.54, 1.807) is 5.82 Å². The highest BCUT2D eigenvalue weighted by atomic mass is 15.1. The van der Waals surface area contributed by atoms with Crippen LogP contribution in [-0.4, -0.2) is 4.57 Å². The van der Waals surface area contributed by atoms with Gasteiger partial charge in [-0.15, -0.1) is 0 Å². The second-order valence-electron chi connectivity index (χ2n) is 13.6. The fourth-order valence-electron chi connectivity index (χ4n) is 6.69. The Hall–Kier alpha value is -1.57. The number of unbranched alkanes of at least 4 members (excludes halogenated alkanes) is 25. The van der Waals surface area contributed by atoms with E-state index in [2.05, 4.69) is 65.7 Å². The summed E-state index contributed by atoms with van der Waals surface area (Å²) in [6.45, 7) is 6.80. The first-order valence-electron chi connectivity index (χ1n) is 19.5. The molecular weight excluding hydrogens is 520 g/mol. The van der Waals surface area contributed by atoms with Gasteiger partial charge in [0.1, 0.15) is 18.9 Å². The van der Waals surface area contributed by atoms with E-state index in [1.165, 1.54) is 192 Å². The molecule has 0 N–H and O–H groups in total. The SMILES string of the molecule is CCCCCCCCCCCCCCCCCC[n+]1ccn(Cc2ccccc2)c1CCCCCCCCCCCCC. The fourth-order valence-corrected chi connectivity index (χ4v) is 6.69. The van der Waals surface area contributed by atoms with Crippen molar-refractivity contribution in [2.24, 2.45) is 0 Å². The molecule has 0 amide bonds. The van der Waals surface area contributed by atoms with Crippen molar-refractivity contribution in [3.8, 4) is 0 Å². The van der Waals surface area contributed by atoms with E-state index in [1.807, 2.05) is 0 Å². The molecule has 0 bridgehead atoms. The highest BCUT2D eigenvalue weighted by molar-refractivity contribution is 5.15. The molecule has 0 aliphatic carbocycles. The number of benzene rings is 1. The Morgan fingerprint density at radius 1 is 0.465 bits per heavy atom. The maximum atomic E-state index is 2.59. The molecule has 1 heterocycles. The van der Waals surface area contributed by atoms with Crippen LogP contribution in [0.1, 0.15) is 199 Å². The van der Waals surface area contributed by atoms with Crippen molar-refractivity contribution in [2.75, 3.05) is 0 Å². The molecule has 1 aromatic carbocycles. The largest absolute Gasteiger partial charge is 0.256 e. The lowest BCUT2D eigenvalue weighted by Gasteiger charge is -2.07. The first-order valence-corrected chi connectivity index (χ1v) is 19.5. The first kappa shape index (κ1) is 37.6. The van der Waals surface area contributed by atoms with Crippen LogP contribution in [0, 0.1) is 0 Å². The lowest BCUT2D eigenvalue weighted by atomic mass is 10.0. The first-order chi connectivity index (χ1) is 21.3. The van der Waals surface area contributed by atoms with Gasteiger partial charge in [0.25, 0.3) is 5.82 Å². The lowest BCUT2D eigenvalue weighted by Crippen LogP contribution is -2.37. The van der Waals surface area contributed by atoms with Crippen molar-refractivity contribution in [2.45, 2.75) is 207 Å². The Balaban J connectivity index is 1.58. The highest BCUT2D eigenvalue weighted by Gasteiger charge is 2.17. The molecule has 2 aromatic rings. The van der Waals surface area contributed by atoms with Crippen molar-refractivity contribution in [3.63, 3.8) is 0 Å². The van der Waals surface area contributed by atoms with Crippen molar-refractivity contribution in [1.82, 2.24) is 4.57 Å². The van der Waals surface area contributed by atoms with Gasteiger partial charge in [-0.3, -0.25) is 0 Å². The third-order valence-electron chi connectivity index (χ3n) is 9.54. The average molecular weight is 594 g/mol.